The fourth-order valence-corrected chi connectivity index (χ4v) is 2.39. The number of hydrogen-bond acceptors (Lipinski definition) is 2. The zero-order valence-corrected chi connectivity index (χ0v) is 9.85. The second kappa shape index (κ2) is 4.06. The first-order chi connectivity index (χ1) is 7.63. The van der Waals surface area contributed by atoms with E-state index in [4.69, 9.17) is 10.5 Å². The van der Waals surface area contributed by atoms with Gasteiger partial charge in [-0.2, -0.15) is 0 Å². The summed E-state index contributed by atoms with van der Waals surface area (Å²) in [6, 6.07) is 3.55. The molecule has 1 aromatic rings. The molecule has 0 unspecified atom stereocenters. The van der Waals surface area contributed by atoms with Gasteiger partial charge in [0.15, 0.2) is 0 Å². The molecule has 1 saturated carbocycles. The summed E-state index contributed by atoms with van der Waals surface area (Å²) in [6.45, 7) is 2.31. The Bertz CT molecular complexity index is 394. The van der Waals surface area contributed by atoms with Crippen molar-refractivity contribution < 1.29 is 9.13 Å². The highest BCUT2D eigenvalue weighted by Crippen LogP contribution is 2.44. The Morgan fingerprint density at radius 1 is 1.44 bits per heavy atom. The number of methoxy groups -OCH3 is 1. The van der Waals surface area contributed by atoms with Gasteiger partial charge in [-0.15, -0.1) is 0 Å². The molecule has 0 spiro atoms. The summed E-state index contributed by atoms with van der Waals surface area (Å²) >= 11 is 0. The minimum atomic E-state index is -0.200. The predicted molar refractivity (Wildman–Crippen MR) is 62.3 cm³/mol. The van der Waals surface area contributed by atoms with E-state index in [2.05, 4.69) is 0 Å². The molecule has 2 nitrogen and oxygen atoms in total. The van der Waals surface area contributed by atoms with E-state index in [1.807, 2.05) is 6.07 Å². The lowest BCUT2D eigenvalue weighted by Gasteiger charge is -2.41. The van der Waals surface area contributed by atoms with Crippen LogP contribution in [0.2, 0.25) is 0 Å². The normalized spacial score (nSPS) is 18.0. The SMILES string of the molecule is COc1cc(C2(CN)CCC2)cc(F)c1C. The minimum absolute atomic E-state index is 0.0121. The van der Waals surface area contributed by atoms with E-state index in [0.29, 0.717) is 17.9 Å². The maximum atomic E-state index is 13.7. The van der Waals surface area contributed by atoms with Crippen LogP contribution < -0.4 is 10.5 Å². The maximum Gasteiger partial charge on any atom is 0.130 e. The van der Waals surface area contributed by atoms with Gasteiger partial charge in [-0.1, -0.05) is 6.42 Å². The lowest BCUT2D eigenvalue weighted by Crippen LogP contribution is -2.41. The van der Waals surface area contributed by atoms with Gasteiger partial charge in [-0.3, -0.25) is 0 Å². The van der Waals surface area contributed by atoms with Gasteiger partial charge in [0.25, 0.3) is 0 Å². The Labute approximate surface area is 95.6 Å². The van der Waals surface area contributed by atoms with Crippen LogP contribution in [0.15, 0.2) is 12.1 Å². The standard InChI is InChI=1S/C13H18FNO/c1-9-11(14)6-10(7-12(9)16-2)13(8-15)4-3-5-13/h6-7H,3-5,8,15H2,1-2H3. The largest absolute Gasteiger partial charge is 0.496 e. The van der Waals surface area contributed by atoms with E-state index >= 15 is 0 Å². The van der Waals surface area contributed by atoms with Gasteiger partial charge in [-0.25, -0.2) is 4.39 Å². The van der Waals surface area contributed by atoms with Crippen LogP contribution in [-0.2, 0) is 5.41 Å². The molecule has 88 valence electrons. The van der Waals surface area contributed by atoms with E-state index in [0.717, 1.165) is 18.4 Å². The first kappa shape index (κ1) is 11.4. The van der Waals surface area contributed by atoms with E-state index in [-0.39, 0.29) is 11.2 Å². The Balaban J connectivity index is 2.45. The van der Waals surface area contributed by atoms with Crippen LogP contribution >= 0.6 is 0 Å². The van der Waals surface area contributed by atoms with Gasteiger partial charge < -0.3 is 10.5 Å². The fourth-order valence-electron chi connectivity index (χ4n) is 2.39. The molecule has 1 aliphatic carbocycles. The molecule has 0 heterocycles. The summed E-state index contributed by atoms with van der Waals surface area (Å²) in [4.78, 5) is 0. The topological polar surface area (TPSA) is 35.2 Å². The fraction of sp³-hybridized carbons (Fsp3) is 0.538. The molecule has 0 aliphatic heterocycles. The van der Waals surface area contributed by atoms with Crippen LogP contribution in [0.3, 0.4) is 0 Å². The molecule has 1 aliphatic rings. The van der Waals surface area contributed by atoms with Crippen LogP contribution in [0.25, 0.3) is 0 Å². The van der Waals surface area contributed by atoms with Gasteiger partial charge in [0, 0.05) is 17.5 Å². The van der Waals surface area contributed by atoms with Gasteiger partial charge in [0.2, 0.25) is 0 Å². The zero-order valence-electron chi connectivity index (χ0n) is 9.85. The van der Waals surface area contributed by atoms with Crippen molar-refractivity contribution in [1.29, 1.82) is 0 Å². The smallest absolute Gasteiger partial charge is 0.130 e. The summed E-state index contributed by atoms with van der Waals surface area (Å²) < 4.78 is 18.9. The number of halogens is 1. The Hall–Kier alpha value is -1.09. The molecule has 0 aromatic heterocycles. The number of ether oxygens (including phenoxy) is 1. The first-order valence-electron chi connectivity index (χ1n) is 5.67. The van der Waals surface area contributed by atoms with Crippen LogP contribution in [0.4, 0.5) is 4.39 Å². The van der Waals surface area contributed by atoms with Crippen molar-refractivity contribution in [1.82, 2.24) is 0 Å². The zero-order chi connectivity index (χ0) is 11.8. The lowest BCUT2D eigenvalue weighted by atomic mass is 9.64. The molecule has 0 amide bonds. The van der Waals surface area contributed by atoms with Crippen LogP contribution in [0.1, 0.15) is 30.4 Å². The van der Waals surface area contributed by atoms with Crippen LogP contribution in [0.5, 0.6) is 5.75 Å². The van der Waals surface area contributed by atoms with Gasteiger partial charge in [0.05, 0.1) is 7.11 Å². The molecule has 0 saturated heterocycles. The average molecular weight is 223 g/mol. The highest BCUT2D eigenvalue weighted by Gasteiger charge is 2.38. The van der Waals surface area contributed by atoms with Gasteiger partial charge >= 0.3 is 0 Å². The number of nitrogens with two attached hydrogens (primary N) is 1. The molecule has 1 fully saturated rings. The molecule has 16 heavy (non-hydrogen) atoms. The predicted octanol–water partition coefficient (Wildman–Crippen LogP) is 2.52. The van der Waals surface area contributed by atoms with Crippen molar-refractivity contribution >= 4 is 0 Å². The second-order valence-electron chi connectivity index (χ2n) is 4.62. The molecule has 2 N–H and O–H groups in total. The summed E-state index contributed by atoms with van der Waals surface area (Å²) in [5.74, 6) is 0.420. The number of hydrogen-bond donors (Lipinski definition) is 1. The van der Waals surface area contributed by atoms with Crippen molar-refractivity contribution in [2.75, 3.05) is 13.7 Å². The monoisotopic (exact) mass is 223 g/mol. The molecule has 2 rings (SSSR count). The van der Waals surface area contributed by atoms with Crippen LogP contribution in [0, 0.1) is 12.7 Å². The van der Waals surface area contributed by atoms with Crippen molar-refractivity contribution in [3.8, 4) is 5.75 Å². The van der Waals surface area contributed by atoms with Crippen molar-refractivity contribution in [2.24, 2.45) is 5.73 Å². The average Bonchev–Trinajstić information content (AvgIpc) is 2.22. The third-order valence-electron chi connectivity index (χ3n) is 3.83. The number of rotatable bonds is 3. The first-order valence-corrected chi connectivity index (χ1v) is 5.67. The quantitative estimate of drug-likeness (QED) is 0.854. The molecule has 0 bridgehead atoms. The Morgan fingerprint density at radius 3 is 2.56 bits per heavy atom. The summed E-state index contributed by atoms with van der Waals surface area (Å²) in [6.07, 6.45) is 3.28. The van der Waals surface area contributed by atoms with E-state index in [9.17, 15) is 4.39 Å². The Kier molecular flexibility index (Phi) is 2.89. The molecule has 0 atom stereocenters. The highest BCUT2D eigenvalue weighted by atomic mass is 19.1. The second-order valence-corrected chi connectivity index (χ2v) is 4.62. The third kappa shape index (κ3) is 1.59. The van der Waals surface area contributed by atoms with E-state index in [1.165, 1.54) is 6.42 Å². The molecule has 3 heteroatoms. The molecular formula is C13H18FNO. The van der Waals surface area contributed by atoms with Crippen molar-refractivity contribution in [3.63, 3.8) is 0 Å². The maximum absolute atomic E-state index is 13.7. The summed E-state index contributed by atoms with van der Waals surface area (Å²) in [7, 11) is 1.57. The van der Waals surface area contributed by atoms with E-state index in [1.54, 1.807) is 20.1 Å². The molecule has 0 radical (unpaired) electrons. The highest BCUT2D eigenvalue weighted by molar-refractivity contribution is 5.42. The minimum Gasteiger partial charge on any atom is -0.496 e. The van der Waals surface area contributed by atoms with Crippen molar-refractivity contribution in [3.05, 3.63) is 29.1 Å². The van der Waals surface area contributed by atoms with Crippen LogP contribution in [-0.4, -0.2) is 13.7 Å². The van der Waals surface area contributed by atoms with Gasteiger partial charge in [0.1, 0.15) is 11.6 Å². The molecular weight excluding hydrogens is 205 g/mol. The van der Waals surface area contributed by atoms with Crippen molar-refractivity contribution in [2.45, 2.75) is 31.6 Å². The summed E-state index contributed by atoms with van der Waals surface area (Å²) in [5.41, 5.74) is 7.36. The van der Waals surface area contributed by atoms with Gasteiger partial charge in [-0.05, 0) is 37.5 Å². The number of benzene rings is 1. The van der Waals surface area contributed by atoms with E-state index < -0.39 is 0 Å². The molecule has 1 aromatic carbocycles. The third-order valence-corrected chi connectivity index (χ3v) is 3.83. The Morgan fingerprint density at radius 2 is 2.12 bits per heavy atom. The summed E-state index contributed by atoms with van der Waals surface area (Å²) in [5, 5.41) is 0. The lowest BCUT2D eigenvalue weighted by molar-refractivity contribution is 0.251.